The molecule has 0 saturated carbocycles. The summed E-state index contributed by atoms with van der Waals surface area (Å²) < 4.78 is 43.6. The molecule has 0 aliphatic heterocycles. The number of hydrogen-bond acceptors (Lipinski definition) is 2. The van der Waals surface area contributed by atoms with Gasteiger partial charge in [-0.05, 0) is 30.2 Å². The van der Waals surface area contributed by atoms with Crippen molar-refractivity contribution in [2.24, 2.45) is 0 Å². The number of aryl methyl sites for hydroxylation is 1. The van der Waals surface area contributed by atoms with E-state index < -0.39 is 23.8 Å². The minimum atomic E-state index is -4.47. The number of benzene rings is 2. The van der Waals surface area contributed by atoms with Gasteiger partial charge in [-0.1, -0.05) is 36.4 Å². The summed E-state index contributed by atoms with van der Waals surface area (Å²) in [5.74, 6) is -0.836. The Labute approximate surface area is 131 Å². The van der Waals surface area contributed by atoms with Crippen molar-refractivity contribution in [1.82, 2.24) is 0 Å². The second-order valence-corrected chi connectivity index (χ2v) is 5.11. The van der Waals surface area contributed by atoms with Crippen LogP contribution in [-0.2, 0) is 17.4 Å². The van der Waals surface area contributed by atoms with E-state index in [9.17, 15) is 23.1 Å². The highest BCUT2D eigenvalue weighted by atomic mass is 19.4. The van der Waals surface area contributed by atoms with Crippen molar-refractivity contribution in [2.75, 3.05) is 0 Å². The van der Waals surface area contributed by atoms with E-state index in [0.717, 1.165) is 17.7 Å². The maximum absolute atomic E-state index is 12.7. The summed E-state index contributed by atoms with van der Waals surface area (Å²) in [5, 5.41) is 9.27. The van der Waals surface area contributed by atoms with E-state index in [1.807, 2.05) is 0 Å². The Hall–Kier alpha value is -2.50. The lowest BCUT2D eigenvalue weighted by molar-refractivity contribution is -0.145. The molecule has 2 rings (SSSR count). The van der Waals surface area contributed by atoms with Crippen LogP contribution < -0.4 is 4.74 Å². The van der Waals surface area contributed by atoms with Gasteiger partial charge >= 0.3 is 12.1 Å². The van der Waals surface area contributed by atoms with Crippen molar-refractivity contribution in [3.63, 3.8) is 0 Å². The molecule has 0 saturated heterocycles. The first-order valence-electron chi connectivity index (χ1n) is 6.88. The molecule has 3 nitrogen and oxygen atoms in total. The average Bonchev–Trinajstić information content (AvgIpc) is 2.48. The van der Waals surface area contributed by atoms with Gasteiger partial charge in [-0.2, -0.15) is 13.2 Å². The van der Waals surface area contributed by atoms with Gasteiger partial charge in [0.15, 0.2) is 6.10 Å². The lowest BCUT2D eigenvalue weighted by Crippen LogP contribution is -2.29. The number of aliphatic carboxylic acids is 1. The van der Waals surface area contributed by atoms with Crippen LogP contribution in [0.2, 0.25) is 0 Å². The fourth-order valence-electron chi connectivity index (χ4n) is 2.11. The van der Waals surface area contributed by atoms with Gasteiger partial charge in [-0.3, -0.25) is 0 Å². The summed E-state index contributed by atoms with van der Waals surface area (Å²) in [5.41, 5.74) is 0.193. The molecule has 0 aromatic heterocycles. The maximum Gasteiger partial charge on any atom is 0.416 e. The van der Waals surface area contributed by atoms with Crippen LogP contribution in [-0.4, -0.2) is 17.2 Å². The summed E-state index contributed by atoms with van der Waals surface area (Å²) in [6.45, 7) is 1.76. The lowest BCUT2D eigenvalue weighted by atomic mass is 10.0. The summed E-state index contributed by atoms with van der Waals surface area (Å²) in [7, 11) is 0. The number of rotatable bonds is 5. The summed E-state index contributed by atoms with van der Waals surface area (Å²) in [6, 6.07) is 11.5. The van der Waals surface area contributed by atoms with E-state index in [1.165, 1.54) is 12.1 Å². The third-order valence-electron chi connectivity index (χ3n) is 3.31. The van der Waals surface area contributed by atoms with Gasteiger partial charge in [0.2, 0.25) is 0 Å². The van der Waals surface area contributed by atoms with E-state index >= 15 is 0 Å². The van der Waals surface area contributed by atoms with Gasteiger partial charge in [0.25, 0.3) is 0 Å². The van der Waals surface area contributed by atoms with Crippen LogP contribution in [0, 0.1) is 6.92 Å². The quantitative estimate of drug-likeness (QED) is 0.901. The number of hydrogen-bond donors (Lipinski definition) is 1. The molecular formula is C17H15F3O3. The highest BCUT2D eigenvalue weighted by Crippen LogP contribution is 2.30. The molecule has 0 aliphatic rings. The highest BCUT2D eigenvalue weighted by molar-refractivity contribution is 5.73. The molecule has 0 bridgehead atoms. The van der Waals surface area contributed by atoms with Crippen LogP contribution in [0.25, 0.3) is 0 Å². The van der Waals surface area contributed by atoms with Crippen molar-refractivity contribution in [1.29, 1.82) is 0 Å². The van der Waals surface area contributed by atoms with Crippen LogP contribution in [0.15, 0.2) is 48.5 Å². The Balaban J connectivity index is 2.21. The van der Waals surface area contributed by atoms with E-state index in [0.29, 0.717) is 5.75 Å². The van der Waals surface area contributed by atoms with Crippen molar-refractivity contribution in [3.8, 4) is 5.75 Å². The summed E-state index contributed by atoms with van der Waals surface area (Å²) in [4.78, 5) is 11.4. The minimum Gasteiger partial charge on any atom is -0.478 e. The second kappa shape index (κ2) is 6.73. The Bertz CT molecular complexity index is 695. The molecule has 6 heteroatoms. The molecule has 0 spiro atoms. The lowest BCUT2D eigenvalue weighted by Gasteiger charge is -2.17. The van der Waals surface area contributed by atoms with Crippen LogP contribution in [0.4, 0.5) is 13.2 Å². The Morgan fingerprint density at radius 3 is 2.48 bits per heavy atom. The van der Waals surface area contributed by atoms with Crippen molar-refractivity contribution in [2.45, 2.75) is 25.6 Å². The molecule has 0 radical (unpaired) electrons. The molecule has 0 fully saturated rings. The molecule has 1 atom stereocenters. The van der Waals surface area contributed by atoms with Crippen LogP contribution in [0.1, 0.15) is 16.7 Å². The summed E-state index contributed by atoms with van der Waals surface area (Å²) in [6.07, 6.45) is -5.89. The third kappa shape index (κ3) is 4.48. The number of ether oxygens (including phenoxy) is 1. The van der Waals surface area contributed by atoms with E-state index in [-0.39, 0.29) is 12.0 Å². The molecule has 122 valence electrons. The number of alkyl halides is 3. The number of carboxylic acid groups (broad SMARTS) is 1. The fraction of sp³-hybridized carbons (Fsp3) is 0.235. The standard InChI is InChI=1S/C17H15F3O3/c1-11-5-2-3-8-14(11)23-15(16(21)22)10-12-6-4-7-13(9-12)17(18,19)20/h2-9,15H,10H2,1H3,(H,21,22)/t15-/m0/s1. The average molecular weight is 324 g/mol. The Kier molecular flexibility index (Phi) is 4.93. The molecule has 0 heterocycles. The predicted molar refractivity (Wildman–Crippen MR) is 78.4 cm³/mol. The number of carboxylic acids is 1. The van der Waals surface area contributed by atoms with Crippen molar-refractivity contribution >= 4 is 5.97 Å². The maximum atomic E-state index is 12.7. The minimum absolute atomic E-state index is 0.159. The number of carbonyl (C=O) groups is 1. The first kappa shape index (κ1) is 16.9. The van der Waals surface area contributed by atoms with Gasteiger partial charge in [0.05, 0.1) is 5.56 Å². The molecule has 0 aliphatic carbocycles. The molecular weight excluding hydrogens is 309 g/mol. The predicted octanol–water partition coefficient (Wildman–Crippen LogP) is 4.09. The molecule has 1 N–H and O–H groups in total. The topological polar surface area (TPSA) is 46.5 Å². The third-order valence-corrected chi connectivity index (χ3v) is 3.31. The normalized spacial score (nSPS) is 12.7. The second-order valence-electron chi connectivity index (χ2n) is 5.11. The number of halogens is 3. The first-order chi connectivity index (χ1) is 10.8. The van der Waals surface area contributed by atoms with E-state index in [4.69, 9.17) is 4.74 Å². The smallest absolute Gasteiger partial charge is 0.416 e. The van der Waals surface area contributed by atoms with Gasteiger partial charge in [0.1, 0.15) is 5.75 Å². The molecule has 2 aromatic rings. The zero-order valence-electron chi connectivity index (χ0n) is 12.3. The monoisotopic (exact) mass is 324 g/mol. The van der Waals surface area contributed by atoms with Gasteiger partial charge in [-0.25, -0.2) is 4.79 Å². The molecule has 0 unspecified atom stereocenters. The zero-order chi connectivity index (χ0) is 17.0. The van der Waals surface area contributed by atoms with E-state index in [2.05, 4.69) is 0 Å². The number of para-hydroxylation sites is 1. The summed E-state index contributed by atoms with van der Waals surface area (Å²) >= 11 is 0. The highest BCUT2D eigenvalue weighted by Gasteiger charge is 2.31. The van der Waals surface area contributed by atoms with Gasteiger partial charge in [-0.15, -0.1) is 0 Å². The van der Waals surface area contributed by atoms with Gasteiger partial charge in [0, 0.05) is 6.42 Å². The molecule has 2 aromatic carbocycles. The van der Waals surface area contributed by atoms with Crippen LogP contribution in [0.3, 0.4) is 0 Å². The van der Waals surface area contributed by atoms with Gasteiger partial charge < -0.3 is 9.84 Å². The fourth-order valence-corrected chi connectivity index (χ4v) is 2.11. The molecule has 23 heavy (non-hydrogen) atoms. The van der Waals surface area contributed by atoms with E-state index in [1.54, 1.807) is 31.2 Å². The SMILES string of the molecule is Cc1ccccc1O[C@@H](Cc1cccc(C(F)(F)F)c1)C(=O)O. The Morgan fingerprint density at radius 1 is 1.17 bits per heavy atom. The van der Waals surface area contributed by atoms with Crippen LogP contribution >= 0.6 is 0 Å². The molecule has 0 amide bonds. The first-order valence-corrected chi connectivity index (χ1v) is 6.88. The largest absolute Gasteiger partial charge is 0.478 e. The Morgan fingerprint density at radius 2 is 1.87 bits per heavy atom. The zero-order valence-corrected chi connectivity index (χ0v) is 12.3. The van der Waals surface area contributed by atoms with Crippen LogP contribution in [0.5, 0.6) is 5.75 Å². The van der Waals surface area contributed by atoms with Crippen molar-refractivity contribution < 1.29 is 27.8 Å². The van der Waals surface area contributed by atoms with Crippen molar-refractivity contribution in [3.05, 3.63) is 65.2 Å².